The number of amides is 2. The fraction of sp³-hybridized carbons (Fsp3) is 0.500. The van der Waals surface area contributed by atoms with E-state index in [0.717, 1.165) is 4.31 Å². The molecule has 3 aliphatic rings. The summed E-state index contributed by atoms with van der Waals surface area (Å²) in [5, 5.41) is 25.1. The molecule has 15 nitrogen and oxygen atoms in total. The van der Waals surface area contributed by atoms with Crippen LogP contribution in [0.4, 0.5) is 4.79 Å². The topological polar surface area (TPSA) is 198 Å². The maximum atomic E-state index is 13.7. The predicted octanol–water partition coefficient (Wildman–Crippen LogP) is 1.83. The van der Waals surface area contributed by atoms with Gasteiger partial charge in [-0.05, 0) is 48.7 Å². The van der Waals surface area contributed by atoms with E-state index >= 15 is 0 Å². The van der Waals surface area contributed by atoms with E-state index in [4.69, 9.17) is 24.1 Å². The van der Waals surface area contributed by atoms with Crippen molar-refractivity contribution in [3.05, 3.63) is 70.3 Å². The summed E-state index contributed by atoms with van der Waals surface area (Å²) in [6, 6.07) is 12.8. The van der Waals surface area contributed by atoms with Crippen molar-refractivity contribution in [2.24, 2.45) is 17.0 Å². The van der Waals surface area contributed by atoms with E-state index in [1.165, 1.54) is 21.6 Å². The quantitative estimate of drug-likeness (QED) is 0.177. The van der Waals surface area contributed by atoms with Gasteiger partial charge in [-0.15, -0.1) is 11.8 Å². The number of β-lactam (4-membered cyclic amide) rings is 1. The number of aliphatic hydroxyl groups is 2. The molecular formula is C34H44N4O11S2. The second kappa shape index (κ2) is 16.2. The van der Waals surface area contributed by atoms with Crippen molar-refractivity contribution in [3.8, 4) is 11.5 Å². The molecule has 2 amide bonds. The Bertz CT molecular complexity index is 1720. The molecule has 0 spiro atoms. The van der Waals surface area contributed by atoms with Gasteiger partial charge in [-0.1, -0.05) is 31.2 Å². The van der Waals surface area contributed by atoms with Gasteiger partial charge < -0.3 is 39.0 Å². The average Bonchev–Trinajstić information content (AvgIpc) is 3.61. The van der Waals surface area contributed by atoms with Crippen LogP contribution >= 0.6 is 11.8 Å². The Labute approximate surface area is 301 Å². The third kappa shape index (κ3) is 8.45. The monoisotopic (exact) mass is 748 g/mol. The van der Waals surface area contributed by atoms with E-state index in [9.17, 15) is 33.0 Å². The Kier molecular flexibility index (Phi) is 12.2. The summed E-state index contributed by atoms with van der Waals surface area (Å²) < 4.78 is 47.4. The molecule has 0 bridgehead atoms. The number of nitrogens with zero attached hydrogens (tertiary/aromatic N) is 3. The zero-order chi connectivity index (χ0) is 37.0. The fourth-order valence-electron chi connectivity index (χ4n) is 6.76. The molecule has 2 saturated heterocycles. The Morgan fingerprint density at radius 2 is 1.59 bits per heavy atom. The van der Waals surface area contributed by atoms with E-state index < -0.39 is 53.0 Å². The standard InChI is InChI=1S/C34H44N4O11S2/c1-20-29-28(21(2)40)32(41)38(29)30(33(42)48-18-22-5-9-25(46-3)10-6-22)31(20)50-27-15-24(16-36(13-14-39)51(35,44)45)37(17-27)34(43)49-19-23-7-11-26(47-4)12-8-23/h5-12,20-21,24,27-29,39-40H,13-19H2,1-4H3,(H2,35,44,45)/t20-,21-,24+,27+,28-,29-/m1/s1. The number of fused-ring (bicyclic) bond motifs is 1. The number of esters is 1. The van der Waals surface area contributed by atoms with E-state index in [0.29, 0.717) is 27.5 Å². The molecule has 6 atom stereocenters. The Hall–Kier alpha value is -3.87. The molecular weight excluding hydrogens is 705 g/mol. The number of hydrogen-bond donors (Lipinski definition) is 3. The van der Waals surface area contributed by atoms with Crippen LogP contribution in [0.5, 0.6) is 11.5 Å². The summed E-state index contributed by atoms with van der Waals surface area (Å²) in [5.74, 6) is -0.845. The van der Waals surface area contributed by atoms with Crippen LogP contribution < -0.4 is 14.6 Å². The van der Waals surface area contributed by atoms with Crippen molar-refractivity contribution in [1.29, 1.82) is 0 Å². The number of carbonyl (C=O) groups excluding carboxylic acids is 3. The molecule has 2 fully saturated rings. The SMILES string of the molecule is COc1ccc(COC(=O)C2=C(S[C@H]3C[C@@H](CN(CCO)S(N)(=O)=O)N(C(=O)OCc4ccc(OC)cc4)C3)[C@H](C)[C@@H]3[C@@H]([C@@H](C)O)C(=O)N23)cc1. The highest BCUT2D eigenvalue weighted by atomic mass is 32.2. The first-order chi connectivity index (χ1) is 24.3. The van der Waals surface area contributed by atoms with Crippen LogP contribution in [-0.2, 0) is 42.5 Å². The minimum absolute atomic E-state index is 0.0503. The van der Waals surface area contributed by atoms with Crippen LogP contribution in [0, 0.1) is 11.8 Å². The number of methoxy groups -OCH3 is 2. The third-order valence-corrected chi connectivity index (χ3v) is 11.9. The molecule has 2 aromatic carbocycles. The van der Waals surface area contributed by atoms with Crippen LogP contribution in [-0.4, -0.2) is 115 Å². The zero-order valence-corrected chi connectivity index (χ0v) is 30.5. The van der Waals surface area contributed by atoms with Gasteiger partial charge in [-0.2, -0.15) is 12.7 Å². The number of benzene rings is 2. The second-order valence-corrected chi connectivity index (χ2v) is 15.6. The third-order valence-electron chi connectivity index (χ3n) is 9.38. The van der Waals surface area contributed by atoms with Crippen LogP contribution in [0.2, 0.25) is 0 Å². The van der Waals surface area contributed by atoms with Gasteiger partial charge >= 0.3 is 12.1 Å². The maximum absolute atomic E-state index is 13.7. The minimum atomic E-state index is -4.22. The molecule has 0 saturated carbocycles. The van der Waals surface area contributed by atoms with Crippen LogP contribution in [0.15, 0.2) is 59.1 Å². The number of nitrogens with two attached hydrogens (primary N) is 1. The molecule has 0 radical (unpaired) electrons. The van der Waals surface area contributed by atoms with Crippen molar-refractivity contribution in [3.63, 3.8) is 0 Å². The molecule has 17 heteroatoms. The van der Waals surface area contributed by atoms with Gasteiger partial charge in [0, 0.05) is 35.7 Å². The number of likely N-dealkylation sites (tertiary alicyclic amines) is 1. The van der Waals surface area contributed by atoms with Gasteiger partial charge in [-0.3, -0.25) is 4.79 Å². The first kappa shape index (κ1) is 38.4. The lowest BCUT2D eigenvalue weighted by molar-refractivity contribution is -0.164. The van der Waals surface area contributed by atoms with Gasteiger partial charge in [0.05, 0.1) is 44.9 Å². The summed E-state index contributed by atoms with van der Waals surface area (Å²) in [4.78, 5) is 44.0. The van der Waals surface area contributed by atoms with Crippen LogP contribution in [0.1, 0.15) is 31.4 Å². The zero-order valence-electron chi connectivity index (χ0n) is 28.8. The summed E-state index contributed by atoms with van der Waals surface area (Å²) in [6.45, 7) is 2.49. The van der Waals surface area contributed by atoms with Crippen LogP contribution in [0.3, 0.4) is 0 Å². The highest BCUT2D eigenvalue weighted by molar-refractivity contribution is 8.03. The maximum Gasteiger partial charge on any atom is 0.410 e. The highest BCUT2D eigenvalue weighted by Gasteiger charge is 2.60. The molecule has 2 aromatic rings. The average molecular weight is 749 g/mol. The summed E-state index contributed by atoms with van der Waals surface area (Å²) in [5.41, 5.74) is 1.52. The van der Waals surface area contributed by atoms with Gasteiger partial charge in [0.25, 0.3) is 10.2 Å². The molecule has 0 aromatic heterocycles. The Morgan fingerprint density at radius 1 is 1.02 bits per heavy atom. The number of ether oxygens (including phenoxy) is 4. The molecule has 3 aliphatic heterocycles. The number of thioether (sulfide) groups is 1. The molecule has 278 valence electrons. The van der Waals surface area contributed by atoms with E-state index in [2.05, 4.69) is 0 Å². The van der Waals surface area contributed by atoms with Gasteiger partial charge in [-0.25, -0.2) is 14.7 Å². The van der Waals surface area contributed by atoms with Crippen molar-refractivity contribution in [2.75, 3.05) is 40.5 Å². The number of hydrogen-bond acceptors (Lipinski definition) is 12. The molecule has 0 aliphatic carbocycles. The van der Waals surface area contributed by atoms with Gasteiger partial charge in [0.15, 0.2) is 0 Å². The molecule has 0 unspecified atom stereocenters. The van der Waals surface area contributed by atoms with Crippen molar-refractivity contribution < 1.29 is 52.0 Å². The molecule has 51 heavy (non-hydrogen) atoms. The Balaban J connectivity index is 1.39. The molecule has 5 rings (SSSR count). The molecule has 4 N–H and O–H groups in total. The van der Waals surface area contributed by atoms with Crippen molar-refractivity contribution in [2.45, 2.75) is 56.9 Å². The number of carbonyl (C=O) groups is 3. The van der Waals surface area contributed by atoms with Gasteiger partial charge in [0.2, 0.25) is 5.91 Å². The molecule has 3 heterocycles. The number of rotatable bonds is 15. The Morgan fingerprint density at radius 3 is 2.10 bits per heavy atom. The minimum Gasteiger partial charge on any atom is -0.497 e. The number of aliphatic hydroxyl groups excluding tert-OH is 2. The smallest absolute Gasteiger partial charge is 0.410 e. The van der Waals surface area contributed by atoms with Crippen molar-refractivity contribution in [1.82, 2.24) is 14.1 Å². The van der Waals surface area contributed by atoms with Gasteiger partial charge in [0.1, 0.15) is 30.4 Å². The second-order valence-electron chi connectivity index (χ2n) is 12.7. The highest BCUT2D eigenvalue weighted by Crippen LogP contribution is 2.52. The summed E-state index contributed by atoms with van der Waals surface area (Å²) >= 11 is 1.32. The lowest BCUT2D eigenvalue weighted by Gasteiger charge is -2.46. The normalized spacial score (nSPS) is 23.6. The first-order valence-electron chi connectivity index (χ1n) is 16.4. The van der Waals surface area contributed by atoms with Crippen molar-refractivity contribution >= 4 is 39.9 Å². The van der Waals surface area contributed by atoms with E-state index in [1.54, 1.807) is 69.7 Å². The predicted molar refractivity (Wildman–Crippen MR) is 186 cm³/mol. The fourth-order valence-corrected chi connectivity index (χ4v) is 9.04. The first-order valence-corrected chi connectivity index (χ1v) is 18.8. The van der Waals surface area contributed by atoms with E-state index in [-0.39, 0.29) is 62.0 Å². The van der Waals surface area contributed by atoms with E-state index in [1.807, 2.05) is 6.92 Å². The lowest BCUT2D eigenvalue weighted by atomic mass is 9.79. The summed E-state index contributed by atoms with van der Waals surface area (Å²) in [6.07, 6.45) is -1.34. The summed E-state index contributed by atoms with van der Waals surface area (Å²) in [7, 11) is -1.13. The van der Waals surface area contributed by atoms with Crippen LogP contribution in [0.25, 0.3) is 0 Å². The lowest BCUT2D eigenvalue weighted by Crippen LogP contribution is -2.63. The largest absolute Gasteiger partial charge is 0.497 e.